The van der Waals surface area contributed by atoms with Gasteiger partial charge in [-0.05, 0) is 42.4 Å². The van der Waals surface area contributed by atoms with Crippen molar-refractivity contribution in [2.24, 2.45) is 5.41 Å². The Morgan fingerprint density at radius 2 is 1.85 bits per heavy atom. The topological polar surface area (TPSA) is 37.4 Å². The van der Waals surface area contributed by atoms with Crippen molar-refractivity contribution >= 4 is 21.6 Å². The Morgan fingerprint density at radius 1 is 1.25 bits per heavy atom. The summed E-state index contributed by atoms with van der Waals surface area (Å²) in [6.45, 7) is 7.41. The second-order valence-corrected chi connectivity index (χ2v) is 8.48. The number of nitrogens with zero attached hydrogens (tertiary/aromatic N) is 1. The van der Waals surface area contributed by atoms with Gasteiger partial charge in [-0.2, -0.15) is 4.31 Å². The summed E-state index contributed by atoms with van der Waals surface area (Å²) in [5.41, 5.74) is 1.86. The van der Waals surface area contributed by atoms with Crippen LogP contribution in [-0.4, -0.2) is 25.8 Å². The van der Waals surface area contributed by atoms with Gasteiger partial charge in [0, 0.05) is 19.0 Å². The largest absolute Gasteiger partial charge is 0.243 e. The molecule has 1 aliphatic heterocycles. The van der Waals surface area contributed by atoms with E-state index in [1.54, 1.807) is 10.4 Å². The zero-order chi connectivity index (χ0) is 15.0. The maximum absolute atomic E-state index is 12.8. The first-order valence-corrected chi connectivity index (χ1v) is 8.89. The van der Waals surface area contributed by atoms with Crippen LogP contribution in [0.1, 0.15) is 37.8 Å². The van der Waals surface area contributed by atoms with E-state index in [0.717, 1.165) is 24.0 Å². The summed E-state index contributed by atoms with van der Waals surface area (Å²) in [6.07, 6.45) is 1.81. The van der Waals surface area contributed by atoms with E-state index >= 15 is 0 Å². The highest BCUT2D eigenvalue weighted by atomic mass is 35.5. The van der Waals surface area contributed by atoms with Gasteiger partial charge in [0.05, 0.1) is 4.90 Å². The molecule has 0 saturated carbocycles. The molecular weight excluding hydrogens is 294 g/mol. The van der Waals surface area contributed by atoms with Crippen LogP contribution in [0.25, 0.3) is 0 Å². The Balaban J connectivity index is 2.31. The summed E-state index contributed by atoms with van der Waals surface area (Å²) in [5, 5.41) is 0. The highest BCUT2D eigenvalue weighted by Gasteiger charge is 2.33. The van der Waals surface area contributed by atoms with Crippen LogP contribution >= 0.6 is 11.6 Å². The van der Waals surface area contributed by atoms with Crippen LogP contribution in [0.15, 0.2) is 23.1 Å². The van der Waals surface area contributed by atoms with Crippen molar-refractivity contribution in [3.63, 3.8) is 0 Å². The second-order valence-electron chi connectivity index (χ2n) is 6.30. The summed E-state index contributed by atoms with van der Waals surface area (Å²) in [5.74, 6) is 0.329. The molecule has 1 fully saturated rings. The number of sulfonamides is 1. The lowest BCUT2D eigenvalue weighted by Gasteiger charge is -2.36. The Bertz CT molecular complexity index is 586. The van der Waals surface area contributed by atoms with E-state index in [1.807, 2.05) is 19.1 Å². The number of halogens is 1. The van der Waals surface area contributed by atoms with Crippen LogP contribution in [-0.2, 0) is 15.9 Å². The van der Waals surface area contributed by atoms with E-state index < -0.39 is 10.0 Å². The minimum atomic E-state index is -3.40. The number of aryl methyl sites for hydroxylation is 1. The number of alkyl halides is 1. The molecule has 0 aromatic heterocycles. The molecule has 0 unspecified atom stereocenters. The molecule has 2 rings (SSSR count). The highest BCUT2D eigenvalue weighted by molar-refractivity contribution is 7.89. The summed E-state index contributed by atoms with van der Waals surface area (Å²) < 4.78 is 27.1. The van der Waals surface area contributed by atoms with Gasteiger partial charge in [-0.25, -0.2) is 8.42 Å². The molecule has 5 heteroatoms. The molecule has 0 radical (unpaired) electrons. The third kappa shape index (κ3) is 3.18. The molecular formula is C15H22ClNO2S. The minimum Gasteiger partial charge on any atom is -0.207 e. The van der Waals surface area contributed by atoms with Gasteiger partial charge in [-0.3, -0.25) is 0 Å². The fraction of sp³-hybridized carbons (Fsp3) is 0.600. The van der Waals surface area contributed by atoms with E-state index in [-0.39, 0.29) is 5.41 Å². The van der Waals surface area contributed by atoms with Crippen molar-refractivity contribution < 1.29 is 8.42 Å². The number of hydrogen-bond acceptors (Lipinski definition) is 2. The van der Waals surface area contributed by atoms with Gasteiger partial charge in [0.25, 0.3) is 0 Å². The Morgan fingerprint density at radius 3 is 2.40 bits per heavy atom. The summed E-state index contributed by atoms with van der Waals surface area (Å²) in [7, 11) is -3.40. The fourth-order valence-electron chi connectivity index (χ4n) is 2.48. The number of piperidine rings is 1. The zero-order valence-electron chi connectivity index (χ0n) is 12.3. The third-order valence-corrected chi connectivity index (χ3v) is 6.45. The molecule has 1 saturated heterocycles. The van der Waals surface area contributed by atoms with E-state index in [2.05, 4.69) is 13.8 Å². The van der Waals surface area contributed by atoms with E-state index in [4.69, 9.17) is 11.6 Å². The maximum atomic E-state index is 12.8. The summed E-state index contributed by atoms with van der Waals surface area (Å²) in [6, 6.07) is 5.41. The van der Waals surface area contributed by atoms with Crippen molar-refractivity contribution in [2.45, 2.75) is 44.4 Å². The van der Waals surface area contributed by atoms with Crippen LogP contribution in [0.5, 0.6) is 0 Å². The molecule has 1 aromatic rings. The molecule has 112 valence electrons. The maximum Gasteiger partial charge on any atom is 0.243 e. The lowest BCUT2D eigenvalue weighted by atomic mass is 9.83. The van der Waals surface area contributed by atoms with Crippen molar-refractivity contribution in [3.05, 3.63) is 29.3 Å². The minimum absolute atomic E-state index is 0.235. The Kier molecular flexibility index (Phi) is 4.47. The van der Waals surface area contributed by atoms with Gasteiger partial charge in [0.2, 0.25) is 10.0 Å². The van der Waals surface area contributed by atoms with Gasteiger partial charge in [0.1, 0.15) is 0 Å². The summed E-state index contributed by atoms with van der Waals surface area (Å²) in [4.78, 5) is 0.398. The third-order valence-electron chi connectivity index (χ3n) is 4.10. The lowest BCUT2D eigenvalue weighted by molar-refractivity contribution is 0.196. The van der Waals surface area contributed by atoms with Crippen LogP contribution in [0.4, 0.5) is 0 Å². The van der Waals surface area contributed by atoms with E-state index in [1.165, 1.54) is 0 Å². The molecule has 1 aromatic carbocycles. The quantitative estimate of drug-likeness (QED) is 0.800. The molecule has 1 aliphatic rings. The van der Waals surface area contributed by atoms with Crippen LogP contribution in [0.3, 0.4) is 0 Å². The monoisotopic (exact) mass is 315 g/mol. The van der Waals surface area contributed by atoms with Crippen LogP contribution in [0.2, 0.25) is 0 Å². The van der Waals surface area contributed by atoms with Gasteiger partial charge >= 0.3 is 0 Å². The number of hydrogen-bond donors (Lipinski definition) is 0. The molecule has 3 nitrogen and oxygen atoms in total. The van der Waals surface area contributed by atoms with Crippen molar-refractivity contribution in [3.8, 4) is 0 Å². The SMILES string of the molecule is Cc1ccc(CCl)cc1S(=O)(=O)N1CCC(C)(C)CC1. The number of benzene rings is 1. The van der Waals surface area contributed by atoms with Crippen molar-refractivity contribution in [1.29, 1.82) is 0 Å². The summed E-state index contributed by atoms with van der Waals surface area (Å²) >= 11 is 5.82. The molecule has 0 atom stereocenters. The predicted molar refractivity (Wildman–Crippen MR) is 82.5 cm³/mol. The highest BCUT2D eigenvalue weighted by Crippen LogP contribution is 2.33. The van der Waals surface area contributed by atoms with E-state index in [0.29, 0.717) is 23.9 Å². The lowest BCUT2D eigenvalue weighted by Crippen LogP contribution is -2.41. The average Bonchev–Trinajstić information content (AvgIpc) is 2.38. The predicted octanol–water partition coefficient (Wildman–Crippen LogP) is 3.54. The van der Waals surface area contributed by atoms with Crippen LogP contribution in [0, 0.1) is 12.3 Å². The van der Waals surface area contributed by atoms with E-state index in [9.17, 15) is 8.42 Å². The normalized spacial score (nSPS) is 20.0. The smallest absolute Gasteiger partial charge is 0.207 e. The zero-order valence-corrected chi connectivity index (χ0v) is 13.9. The average molecular weight is 316 g/mol. The number of rotatable bonds is 3. The Hall–Kier alpha value is -0.580. The first-order chi connectivity index (χ1) is 9.26. The van der Waals surface area contributed by atoms with Crippen molar-refractivity contribution in [2.75, 3.05) is 13.1 Å². The van der Waals surface area contributed by atoms with Crippen molar-refractivity contribution in [1.82, 2.24) is 4.31 Å². The van der Waals surface area contributed by atoms with Gasteiger partial charge in [0.15, 0.2) is 0 Å². The molecule has 0 bridgehead atoms. The van der Waals surface area contributed by atoms with Gasteiger partial charge in [-0.1, -0.05) is 26.0 Å². The molecule has 0 N–H and O–H groups in total. The second kappa shape index (κ2) is 5.66. The molecule has 1 heterocycles. The molecule has 0 aliphatic carbocycles. The van der Waals surface area contributed by atoms with Gasteiger partial charge in [-0.15, -0.1) is 11.6 Å². The Labute approximate surface area is 127 Å². The molecule has 0 spiro atoms. The standard InChI is InChI=1S/C15H22ClNO2S/c1-12-4-5-13(11-16)10-14(12)20(18,19)17-8-6-15(2,3)7-9-17/h4-5,10H,6-9,11H2,1-3H3. The molecule has 20 heavy (non-hydrogen) atoms. The molecule has 0 amide bonds. The first-order valence-electron chi connectivity index (χ1n) is 6.92. The fourth-order valence-corrected chi connectivity index (χ4v) is 4.36. The van der Waals surface area contributed by atoms with Crippen LogP contribution < -0.4 is 0 Å². The first kappa shape index (κ1) is 15.8. The van der Waals surface area contributed by atoms with Gasteiger partial charge < -0.3 is 0 Å².